The monoisotopic (exact) mass is 564 g/mol. The van der Waals surface area contributed by atoms with Crippen LogP contribution in [0, 0.1) is 0 Å². The van der Waals surface area contributed by atoms with E-state index in [0.717, 1.165) is 11.4 Å². The predicted octanol–water partition coefficient (Wildman–Crippen LogP) is 2.22. The number of nitrogens with zero attached hydrogens (tertiary/aromatic N) is 7. The minimum absolute atomic E-state index is 0.228. The highest BCUT2D eigenvalue weighted by Crippen LogP contribution is 2.24. The Morgan fingerprint density at radius 2 is 1.77 bits per heavy atom. The van der Waals surface area contributed by atoms with Crippen molar-refractivity contribution < 1.29 is 13.5 Å². The Bertz CT molecular complexity index is 1710. The largest absolute Gasteiger partial charge is 0.384 e. The number of hydrogen-bond acceptors (Lipinski definition) is 9. The lowest BCUT2D eigenvalue weighted by Gasteiger charge is -2.34. The van der Waals surface area contributed by atoms with Crippen LogP contribution in [0.3, 0.4) is 0 Å². The first-order valence-electron chi connectivity index (χ1n) is 12.8. The molecule has 0 spiro atoms. The lowest BCUT2D eigenvalue weighted by Crippen LogP contribution is -2.48. The molecule has 13 heteroatoms. The minimum Gasteiger partial charge on any atom is -0.384 e. The molecule has 0 unspecified atom stereocenters. The summed E-state index contributed by atoms with van der Waals surface area (Å²) in [5, 5.41) is 14.0. The van der Waals surface area contributed by atoms with Crippen LogP contribution in [0.25, 0.3) is 16.9 Å². The van der Waals surface area contributed by atoms with Crippen LogP contribution < -0.4 is 15.8 Å². The SMILES string of the molecule is C=CCn1c(=O)c2cnc(Nc3ccc(N4CCN(S(C)(=O)=O)CC4)cc3)nc2n1-c1cccc(C(C)(C)O)n1. The van der Waals surface area contributed by atoms with Crippen molar-refractivity contribution in [2.45, 2.75) is 26.0 Å². The summed E-state index contributed by atoms with van der Waals surface area (Å²) in [6.45, 7) is 9.43. The van der Waals surface area contributed by atoms with E-state index in [9.17, 15) is 18.3 Å². The van der Waals surface area contributed by atoms with Gasteiger partial charge >= 0.3 is 0 Å². The fourth-order valence-electron chi connectivity index (χ4n) is 4.65. The number of anilines is 3. The van der Waals surface area contributed by atoms with Gasteiger partial charge in [-0.15, -0.1) is 6.58 Å². The molecule has 0 amide bonds. The molecule has 1 fully saturated rings. The Hall–Kier alpha value is -4.07. The van der Waals surface area contributed by atoms with Gasteiger partial charge in [-0.1, -0.05) is 12.1 Å². The number of hydrogen-bond donors (Lipinski definition) is 2. The maximum absolute atomic E-state index is 13.2. The van der Waals surface area contributed by atoms with E-state index in [-0.39, 0.29) is 12.1 Å². The third-order valence-corrected chi connectivity index (χ3v) is 8.06. The number of benzene rings is 1. The standard InChI is InChI=1S/C27H32N8O4S/c1-5-13-34-25(36)21-18-28-26(31-24(21)35(34)23-8-6-7-22(30-23)27(2,3)37)29-19-9-11-20(12-10-19)32-14-16-33(17-15-32)40(4,38)39/h5-12,18,37H,1,13-17H2,2-4H3,(H,28,29,31). The molecule has 3 aromatic heterocycles. The van der Waals surface area contributed by atoms with E-state index in [0.29, 0.717) is 54.7 Å². The number of aromatic nitrogens is 5. The number of nitrogens with one attached hydrogen (secondary N) is 1. The van der Waals surface area contributed by atoms with Crippen LogP contribution in [-0.4, -0.2) is 74.6 Å². The zero-order valence-corrected chi connectivity index (χ0v) is 23.5. The van der Waals surface area contributed by atoms with Gasteiger partial charge in [0.25, 0.3) is 5.56 Å². The summed E-state index contributed by atoms with van der Waals surface area (Å²) in [5.74, 6) is 0.726. The van der Waals surface area contributed by atoms with E-state index in [1.807, 2.05) is 24.3 Å². The zero-order chi connectivity index (χ0) is 28.7. The smallest absolute Gasteiger partial charge is 0.278 e. The van der Waals surface area contributed by atoms with Crippen molar-refractivity contribution in [2.75, 3.05) is 42.7 Å². The number of fused-ring (bicyclic) bond motifs is 1. The predicted molar refractivity (Wildman–Crippen MR) is 155 cm³/mol. The van der Waals surface area contributed by atoms with Gasteiger partial charge in [0.1, 0.15) is 11.0 Å². The number of allylic oxidation sites excluding steroid dienone is 1. The van der Waals surface area contributed by atoms with E-state index in [4.69, 9.17) is 0 Å². The number of rotatable bonds is 8. The first-order chi connectivity index (χ1) is 19.0. The van der Waals surface area contributed by atoms with E-state index in [1.165, 1.54) is 21.4 Å². The Labute approximate surface area is 232 Å². The highest BCUT2D eigenvalue weighted by Gasteiger charge is 2.24. The summed E-state index contributed by atoms with van der Waals surface area (Å²) in [4.78, 5) is 29.0. The molecule has 0 atom stereocenters. The molecule has 0 aliphatic carbocycles. The van der Waals surface area contributed by atoms with Gasteiger partial charge in [0.15, 0.2) is 11.5 Å². The molecule has 0 bridgehead atoms. The van der Waals surface area contributed by atoms with E-state index in [2.05, 4.69) is 31.7 Å². The van der Waals surface area contributed by atoms with Crippen LogP contribution in [0.4, 0.5) is 17.3 Å². The first-order valence-corrected chi connectivity index (χ1v) is 14.7. The quantitative estimate of drug-likeness (QED) is 0.309. The highest BCUT2D eigenvalue weighted by molar-refractivity contribution is 7.88. The molecule has 12 nitrogen and oxygen atoms in total. The van der Waals surface area contributed by atoms with Gasteiger partial charge in [0, 0.05) is 43.8 Å². The van der Waals surface area contributed by atoms with Gasteiger partial charge in [-0.25, -0.2) is 27.7 Å². The van der Waals surface area contributed by atoms with Crippen LogP contribution in [-0.2, 0) is 22.2 Å². The highest BCUT2D eigenvalue weighted by atomic mass is 32.2. The summed E-state index contributed by atoms with van der Waals surface area (Å²) < 4.78 is 28.2. The van der Waals surface area contributed by atoms with Crippen molar-refractivity contribution in [3.05, 3.63) is 77.4 Å². The molecule has 1 aliphatic heterocycles. The fourth-order valence-corrected chi connectivity index (χ4v) is 5.48. The lowest BCUT2D eigenvalue weighted by molar-refractivity contribution is 0.0738. The summed E-state index contributed by atoms with van der Waals surface area (Å²) in [5.41, 5.74) is 1.11. The van der Waals surface area contributed by atoms with Crippen LogP contribution in [0.2, 0.25) is 0 Å². The third kappa shape index (κ3) is 5.48. The van der Waals surface area contributed by atoms with Gasteiger partial charge in [0.05, 0.1) is 18.5 Å². The topological polar surface area (TPSA) is 138 Å². The second-order valence-electron chi connectivity index (χ2n) is 10.2. The number of piperazine rings is 1. The van der Waals surface area contributed by atoms with Gasteiger partial charge < -0.3 is 15.3 Å². The molecular weight excluding hydrogens is 532 g/mol. The van der Waals surface area contributed by atoms with Gasteiger partial charge in [-0.3, -0.25) is 4.79 Å². The molecule has 0 saturated carbocycles. The van der Waals surface area contributed by atoms with Crippen LogP contribution in [0.1, 0.15) is 19.5 Å². The second-order valence-corrected chi connectivity index (χ2v) is 12.2. The zero-order valence-electron chi connectivity index (χ0n) is 22.6. The molecule has 1 aromatic carbocycles. The Balaban J connectivity index is 1.44. The molecule has 1 aliphatic rings. The summed E-state index contributed by atoms with van der Waals surface area (Å²) in [7, 11) is -3.18. The van der Waals surface area contributed by atoms with Crippen molar-refractivity contribution in [3.8, 4) is 5.82 Å². The van der Waals surface area contributed by atoms with E-state index < -0.39 is 15.6 Å². The molecule has 1 saturated heterocycles. The molecule has 2 N–H and O–H groups in total. The lowest BCUT2D eigenvalue weighted by atomic mass is 10.1. The maximum Gasteiger partial charge on any atom is 0.278 e. The molecule has 4 heterocycles. The van der Waals surface area contributed by atoms with Crippen LogP contribution in [0.5, 0.6) is 0 Å². The van der Waals surface area contributed by atoms with E-state index >= 15 is 0 Å². The summed E-state index contributed by atoms with van der Waals surface area (Å²) in [6, 6.07) is 13.0. The molecule has 40 heavy (non-hydrogen) atoms. The maximum atomic E-state index is 13.2. The molecular formula is C27H32N8O4S. The van der Waals surface area contributed by atoms with Crippen LogP contribution >= 0.6 is 0 Å². The minimum atomic E-state index is -3.18. The number of pyridine rings is 1. The third-order valence-electron chi connectivity index (χ3n) is 6.75. The van der Waals surface area contributed by atoms with E-state index in [1.54, 1.807) is 42.8 Å². The van der Waals surface area contributed by atoms with Crippen LogP contribution in [0.15, 0.2) is 66.1 Å². The summed E-state index contributed by atoms with van der Waals surface area (Å²) >= 11 is 0. The Kier molecular flexibility index (Phi) is 7.21. The van der Waals surface area contributed by atoms with Crippen molar-refractivity contribution in [2.24, 2.45) is 0 Å². The second kappa shape index (κ2) is 10.5. The molecule has 5 rings (SSSR count). The Morgan fingerprint density at radius 3 is 2.40 bits per heavy atom. The first kappa shape index (κ1) is 27.5. The molecule has 210 valence electrons. The summed E-state index contributed by atoms with van der Waals surface area (Å²) in [6.07, 6.45) is 4.34. The average Bonchev–Trinajstić information content (AvgIpc) is 3.19. The van der Waals surface area contributed by atoms with Crippen molar-refractivity contribution in [3.63, 3.8) is 0 Å². The van der Waals surface area contributed by atoms with Gasteiger partial charge in [0.2, 0.25) is 16.0 Å². The van der Waals surface area contributed by atoms with Gasteiger partial charge in [-0.05, 0) is 50.2 Å². The fraction of sp³-hybridized carbons (Fsp3) is 0.333. The van der Waals surface area contributed by atoms with Gasteiger partial charge in [-0.2, -0.15) is 9.29 Å². The van der Waals surface area contributed by atoms with Crippen molar-refractivity contribution in [1.29, 1.82) is 0 Å². The average molecular weight is 565 g/mol. The Morgan fingerprint density at radius 1 is 1.07 bits per heavy atom. The number of sulfonamides is 1. The molecule has 0 radical (unpaired) electrons. The normalized spacial score (nSPS) is 14.9. The van der Waals surface area contributed by atoms with Crippen molar-refractivity contribution >= 4 is 38.4 Å². The molecule has 4 aromatic rings. The number of aliphatic hydroxyl groups is 1. The van der Waals surface area contributed by atoms with Crippen molar-refractivity contribution in [1.82, 2.24) is 28.6 Å².